The number of rotatable bonds is 7. The minimum absolute atomic E-state index is 0.00442. The van der Waals surface area contributed by atoms with E-state index < -0.39 is 23.2 Å². The first kappa shape index (κ1) is 23.5. The van der Waals surface area contributed by atoms with E-state index in [0.717, 1.165) is 36.1 Å². The van der Waals surface area contributed by atoms with Crippen molar-refractivity contribution in [2.24, 2.45) is 5.41 Å². The largest absolute Gasteiger partial charge is 0.490 e. The second-order valence-electron chi connectivity index (χ2n) is 9.44. The van der Waals surface area contributed by atoms with Gasteiger partial charge in [0.15, 0.2) is 0 Å². The molecule has 5 rings (SSSR count). The quantitative estimate of drug-likeness (QED) is 0.486. The van der Waals surface area contributed by atoms with Crippen LogP contribution in [0, 0.1) is 17.0 Å². The molecule has 1 aromatic heterocycles. The molecular weight excluding hydrogens is 478 g/mol. The number of aromatic nitrogens is 3. The van der Waals surface area contributed by atoms with Gasteiger partial charge in [0.05, 0.1) is 22.4 Å². The lowest BCUT2D eigenvalue weighted by atomic mass is 10.1. The number of hydrogen-bond acceptors (Lipinski definition) is 4. The van der Waals surface area contributed by atoms with Crippen LogP contribution in [0.25, 0.3) is 5.69 Å². The minimum Gasteiger partial charge on any atom is -0.490 e. The molecule has 2 aliphatic rings. The van der Waals surface area contributed by atoms with E-state index in [9.17, 15) is 14.0 Å². The van der Waals surface area contributed by atoms with E-state index in [4.69, 9.17) is 16.3 Å². The Kier molecular flexibility index (Phi) is 5.91. The summed E-state index contributed by atoms with van der Waals surface area (Å²) in [6, 6.07) is 6.28. The Morgan fingerprint density at radius 3 is 2.71 bits per heavy atom. The van der Waals surface area contributed by atoms with Gasteiger partial charge in [-0.15, -0.1) is 5.10 Å². The average Bonchev–Trinajstić information content (AvgIpc) is 3.37. The second kappa shape index (κ2) is 8.78. The summed E-state index contributed by atoms with van der Waals surface area (Å²) in [6.07, 6.45) is 4.04. The van der Waals surface area contributed by atoms with E-state index in [2.05, 4.69) is 10.4 Å². The summed E-state index contributed by atoms with van der Waals surface area (Å²) in [7, 11) is 0. The zero-order chi connectivity index (χ0) is 24.9. The van der Waals surface area contributed by atoms with Gasteiger partial charge >= 0.3 is 5.69 Å². The molecular formula is C25H25ClF2N4O3. The number of amides is 1. The molecule has 184 valence electrons. The lowest BCUT2D eigenvalue weighted by Crippen LogP contribution is -2.26. The number of ether oxygens (including phenoxy) is 1. The highest BCUT2D eigenvalue weighted by Gasteiger charge is 2.49. The summed E-state index contributed by atoms with van der Waals surface area (Å²) in [6.45, 7) is 4.40. The number of carbonyl (C=O) groups excluding carboxylic acids is 1. The van der Waals surface area contributed by atoms with E-state index in [-0.39, 0.29) is 39.2 Å². The third-order valence-corrected chi connectivity index (χ3v) is 6.98. The van der Waals surface area contributed by atoms with Gasteiger partial charge in [-0.25, -0.2) is 13.6 Å². The average molecular weight is 503 g/mol. The number of nitrogens with one attached hydrogen (secondary N) is 1. The minimum atomic E-state index is -0.828. The Bertz CT molecular complexity index is 1360. The molecule has 35 heavy (non-hydrogen) atoms. The van der Waals surface area contributed by atoms with Gasteiger partial charge in [-0.2, -0.15) is 4.68 Å². The highest BCUT2D eigenvalue weighted by atomic mass is 35.5. The topological polar surface area (TPSA) is 78.2 Å². The van der Waals surface area contributed by atoms with Crippen molar-refractivity contribution in [3.63, 3.8) is 0 Å². The van der Waals surface area contributed by atoms with Gasteiger partial charge in [-0.1, -0.05) is 31.0 Å². The van der Waals surface area contributed by atoms with Crippen LogP contribution in [0.5, 0.6) is 5.75 Å². The van der Waals surface area contributed by atoms with Crippen molar-refractivity contribution in [2.75, 3.05) is 5.32 Å². The predicted octanol–water partition coefficient (Wildman–Crippen LogP) is 5.12. The smallest absolute Gasteiger partial charge is 0.350 e. The van der Waals surface area contributed by atoms with Crippen LogP contribution in [0.15, 0.2) is 35.1 Å². The van der Waals surface area contributed by atoms with Crippen LogP contribution in [0.1, 0.15) is 55.7 Å². The number of hydrogen-bond donors (Lipinski definition) is 1. The van der Waals surface area contributed by atoms with Crippen molar-refractivity contribution in [3.05, 3.63) is 68.9 Å². The van der Waals surface area contributed by atoms with Crippen LogP contribution in [-0.4, -0.2) is 26.4 Å². The molecule has 1 aliphatic heterocycles. The fraction of sp³-hybridized carbons (Fsp3) is 0.400. The fourth-order valence-corrected chi connectivity index (χ4v) is 4.79. The third kappa shape index (κ3) is 4.33. The van der Waals surface area contributed by atoms with Crippen LogP contribution in [0.4, 0.5) is 14.5 Å². The zero-order valence-electron chi connectivity index (χ0n) is 19.4. The van der Waals surface area contributed by atoms with Crippen molar-refractivity contribution in [2.45, 2.75) is 58.6 Å². The highest BCUT2D eigenvalue weighted by Crippen LogP contribution is 2.52. The molecule has 1 atom stereocenters. The summed E-state index contributed by atoms with van der Waals surface area (Å²) in [4.78, 5) is 26.1. The van der Waals surface area contributed by atoms with Crippen molar-refractivity contribution in [1.29, 1.82) is 0 Å². The molecule has 2 aromatic carbocycles. The van der Waals surface area contributed by atoms with Crippen LogP contribution in [-0.2, 0) is 13.0 Å². The Balaban J connectivity index is 1.54. The summed E-state index contributed by atoms with van der Waals surface area (Å²) >= 11 is 6.03. The molecule has 1 N–H and O–H groups in total. The molecule has 3 aromatic rings. The SMILES string of the molecule is CCC[C@H](C)Oc1cc(-n2nc3n(c2=O)CC2(CC2)C3)c(F)cc1C(=O)Nc1c(F)cccc1Cl. The number of anilines is 1. The first-order valence-electron chi connectivity index (χ1n) is 11.7. The first-order valence-corrected chi connectivity index (χ1v) is 12.0. The number of benzene rings is 2. The summed E-state index contributed by atoms with van der Waals surface area (Å²) in [5.74, 6) is -1.66. The monoisotopic (exact) mass is 502 g/mol. The molecule has 1 amide bonds. The molecule has 1 fully saturated rings. The van der Waals surface area contributed by atoms with Gasteiger partial charge < -0.3 is 10.1 Å². The lowest BCUT2D eigenvalue weighted by molar-refractivity contribution is 0.101. The van der Waals surface area contributed by atoms with Crippen molar-refractivity contribution in [3.8, 4) is 11.4 Å². The maximum absolute atomic E-state index is 15.3. The number of carbonyl (C=O) groups is 1. The summed E-state index contributed by atoms with van der Waals surface area (Å²) in [5, 5.41) is 6.79. The van der Waals surface area contributed by atoms with Gasteiger partial charge in [-0.3, -0.25) is 9.36 Å². The summed E-state index contributed by atoms with van der Waals surface area (Å²) in [5.41, 5.74) is -0.762. The zero-order valence-corrected chi connectivity index (χ0v) is 20.2. The van der Waals surface area contributed by atoms with Gasteiger partial charge in [0, 0.05) is 19.0 Å². The van der Waals surface area contributed by atoms with Gasteiger partial charge in [-0.05, 0) is 49.8 Å². The van der Waals surface area contributed by atoms with E-state index in [1.54, 1.807) is 4.57 Å². The number of nitrogens with zero attached hydrogens (tertiary/aromatic N) is 3. The number of halogens is 3. The summed E-state index contributed by atoms with van der Waals surface area (Å²) < 4.78 is 38.1. The van der Waals surface area contributed by atoms with Gasteiger partial charge in [0.25, 0.3) is 5.91 Å². The third-order valence-electron chi connectivity index (χ3n) is 6.67. The van der Waals surface area contributed by atoms with E-state index in [1.807, 2.05) is 13.8 Å². The maximum Gasteiger partial charge on any atom is 0.350 e. The van der Waals surface area contributed by atoms with Crippen LogP contribution >= 0.6 is 11.6 Å². The van der Waals surface area contributed by atoms with Crippen LogP contribution < -0.4 is 15.7 Å². The van der Waals surface area contributed by atoms with E-state index >= 15 is 4.39 Å². The lowest BCUT2D eigenvalue weighted by Gasteiger charge is -2.18. The maximum atomic E-state index is 15.3. The fourth-order valence-electron chi connectivity index (χ4n) is 4.58. The second-order valence-corrected chi connectivity index (χ2v) is 9.85. The Morgan fingerprint density at radius 2 is 2.06 bits per heavy atom. The molecule has 1 aliphatic carbocycles. The molecule has 0 saturated heterocycles. The Labute approximate surface area is 205 Å². The van der Waals surface area contributed by atoms with Gasteiger partial charge in [0.2, 0.25) is 0 Å². The molecule has 10 heteroatoms. The van der Waals surface area contributed by atoms with Crippen molar-refractivity contribution >= 4 is 23.2 Å². The standard InChI is InChI=1S/C25H25ClF2N4O3/c1-3-5-14(2)35-20-11-19(32-24(34)31-13-25(8-9-25)12-21(31)30-32)18(28)10-15(20)23(33)29-22-16(26)6-4-7-17(22)27/h4,6-7,10-11,14H,3,5,8-9,12-13H2,1-2H3,(H,29,33)/t14-/m0/s1. The molecule has 7 nitrogen and oxygen atoms in total. The molecule has 1 saturated carbocycles. The molecule has 0 bridgehead atoms. The Morgan fingerprint density at radius 1 is 1.29 bits per heavy atom. The number of para-hydroxylation sites is 1. The van der Waals surface area contributed by atoms with Crippen molar-refractivity contribution < 1.29 is 18.3 Å². The highest BCUT2D eigenvalue weighted by molar-refractivity contribution is 6.34. The van der Waals surface area contributed by atoms with Crippen LogP contribution in [0.2, 0.25) is 5.02 Å². The van der Waals surface area contributed by atoms with Crippen molar-refractivity contribution in [1.82, 2.24) is 14.3 Å². The molecule has 0 radical (unpaired) electrons. The predicted molar refractivity (Wildman–Crippen MR) is 128 cm³/mol. The number of fused-ring (bicyclic) bond motifs is 1. The van der Waals surface area contributed by atoms with E-state index in [1.165, 1.54) is 18.2 Å². The van der Waals surface area contributed by atoms with E-state index in [0.29, 0.717) is 25.2 Å². The van der Waals surface area contributed by atoms with Gasteiger partial charge in [0.1, 0.15) is 28.9 Å². The Hall–Kier alpha value is -3.20. The normalized spacial score (nSPS) is 16.3. The van der Waals surface area contributed by atoms with Crippen LogP contribution in [0.3, 0.4) is 0 Å². The molecule has 1 spiro atoms. The molecule has 2 heterocycles. The first-order chi connectivity index (χ1) is 16.7. The molecule has 0 unspecified atom stereocenters.